The molecule has 0 spiro atoms. The lowest BCUT2D eigenvalue weighted by atomic mass is 9.99. The first kappa shape index (κ1) is 64.9. The van der Waals surface area contributed by atoms with Crippen LogP contribution in [0.1, 0.15) is 303 Å². The van der Waals surface area contributed by atoms with Gasteiger partial charge in [0, 0.05) is 6.42 Å². The summed E-state index contributed by atoms with van der Waals surface area (Å²) in [7, 11) is 0. The van der Waals surface area contributed by atoms with Gasteiger partial charge in [0.15, 0.2) is 6.29 Å². The summed E-state index contributed by atoms with van der Waals surface area (Å²) in [4.78, 5) is 13.0. The largest absolute Gasteiger partial charge is 0.394 e. The van der Waals surface area contributed by atoms with Gasteiger partial charge in [-0.3, -0.25) is 4.79 Å². The Kier molecular flexibility index (Phi) is 47.3. The Morgan fingerprint density at radius 3 is 1.15 bits per heavy atom. The second-order valence-electron chi connectivity index (χ2n) is 21.2. The zero-order chi connectivity index (χ0) is 49.4. The van der Waals surface area contributed by atoms with Gasteiger partial charge in [-0.05, 0) is 19.3 Å². The number of aliphatic hydroxyl groups is 5. The number of ether oxygens (including phenoxy) is 2. The third-order valence-electron chi connectivity index (χ3n) is 14.6. The van der Waals surface area contributed by atoms with Crippen LogP contribution in [0.4, 0.5) is 0 Å². The Morgan fingerprint density at radius 2 is 0.809 bits per heavy atom. The molecule has 0 bridgehead atoms. The van der Waals surface area contributed by atoms with Gasteiger partial charge in [-0.2, -0.15) is 0 Å². The molecule has 9 nitrogen and oxygen atoms in total. The van der Waals surface area contributed by atoms with E-state index in [1.54, 1.807) is 6.08 Å². The van der Waals surface area contributed by atoms with Gasteiger partial charge in [0.1, 0.15) is 24.4 Å². The smallest absolute Gasteiger partial charge is 0.220 e. The van der Waals surface area contributed by atoms with Crippen LogP contribution < -0.4 is 5.32 Å². The van der Waals surface area contributed by atoms with Crippen molar-refractivity contribution < 1.29 is 39.8 Å². The molecule has 0 aliphatic carbocycles. The molecule has 1 saturated heterocycles. The number of nitrogens with one attached hydrogen (secondary N) is 1. The molecule has 1 rings (SSSR count). The fourth-order valence-corrected chi connectivity index (χ4v) is 9.87. The van der Waals surface area contributed by atoms with E-state index in [4.69, 9.17) is 9.47 Å². The molecule has 7 unspecified atom stereocenters. The van der Waals surface area contributed by atoms with E-state index in [0.717, 1.165) is 38.5 Å². The van der Waals surface area contributed by atoms with Crippen molar-refractivity contribution >= 4 is 5.91 Å². The fraction of sp³-hybridized carbons (Fsp3) is 0.949. The van der Waals surface area contributed by atoms with Gasteiger partial charge in [0.25, 0.3) is 0 Å². The van der Waals surface area contributed by atoms with Crippen LogP contribution in [-0.4, -0.2) is 87.5 Å². The number of allylic oxidation sites excluding steroid dienone is 1. The van der Waals surface area contributed by atoms with Crippen molar-refractivity contribution in [3.05, 3.63) is 12.2 Å². The lowest BCUT2D eigenvalue weighted by Crippen LogP contribution is -2.60. The first-order valence-corrected chi connectivity index (χ1v) is 29.9. The maximum Gasteiger partial charge on any atom is 0.220 e. The van der Waals surface area contributed by atoms with Crippen molar-refractivity contribution in [3.8, 4) is 0 Å². The van der Waals surface area contributed by atoms with Gasteiger partial charge in [0.05, 0.1) is 25.4 Å². The van der Waals surface area contributed by atoms with E-state index >= 15 is 0 Å². The average molecular weight is 967 g/mol. The quantitative estimate of drug-likeness (QED) is 0.0261. The standard InChI is InChI=1S/C59H115NO8/c1-3-5-7-9-11-13-15-17-19-21-22-23-24-25-26-27-28-29-30-31-32-33-34-36-38-40-42-44-46-48-53(62)52(51-67-59-58(66)57(65)56(64)54(50-61)68-59)60-55(63)49-47-45-43-41-39-37-35-20-18-16-14-12-10-8-6-4-2/h46,48,52-54,56-59,61-62,64-66H,3-45,47,49-51H2,1-2H3,(H,60,63)/b48-46+. The van der Waals surface area contributed by atoms with Crippen LogP contribution in [0.2, 0.25) is 0 Å². The van der Waals surface area contributed by atoms with Crippen LogP contribution >= 0.6 is 0 Å². The van der Waals surface area contributed by atoms with Crippen LogP contribution in [0.15, 0.2) is 12.2 Å². The molecule has 0 aromatic rings. The van der Waals surface area contributed by atoms with E-state index in [9.17, 15) is 30.3 Å². The van der Waals surface area contributed by atoms with Gasteiger partial charge in [-0.1, -0.05) is 289 Å². The molecule has 0 aromatic carbocycles. The molecule has 9 heteroatoms. The maximum absolute atomic E-state index is 13.0. The number of carbonyl (C=O) groups is 1. The van der Waals surface area contributed by atoms with Crippen molar-refractivity contribution in [2.24, 2.45) is 0 Å². The summed E-state index contributed by atoms with van der Waals surface area (Å²) in [5.74, 6) is -0.171. The SMILES string of the molecule is CCCCCCCCCCCCCCCCCCCCCCCCCCCCC/C=C/C(O)C(COC1OC(CO)C(O)C(O)C1O)NC(=O)CCCCCCCCCCCCCCCCCC. The van der Waals surface area contributed by atoms with Crippen molar-refractivity contribution in [2.75, 3.05) is 13.2 Å². The van der Waals surface area contributed by atoms with Crippen molar-refractivity contribution in [1.82, 2.24) is 5.32 Å². The van der Waals surface area contributed by atoms with E-state index < -0.39 is 49.5 Å². The second-order valence-corrected chi connectivity index (χ2v) is 21.2. The lowest BCUT2D eigenvalue weighted by Gasteiger charge is -2.40. The predicted octanol–water partition coefficient (Wildman–Crippen LogP) is 14.8. The fourth-order valence-electron chi connectivity index (χ4n) is 9.87. The van der Waals surface area contributed by atoms with Gasteiger partial charge in [-0.15, -0.1) is 0 Å². The second kappa shape index (κ2) is 49.5. The summed E-state index contributed by atoms with van der Waals surface area (Å²) in [6.07, 6.45) is 54.3. The molecule has 1 amide bonds. The van der Waals surface area contributed by atoms with Crippen molar-refractivity contribution in [1.29, 1.82) is 0 Å². The molecule has 0 radical (unpaired) electrons. The van der Waals surface area contributed by atoms with Crippen LogP contribution in [0.25, 0.3) is 0 Å². The Morgan fingerprint density at radius 1 is 0.485 bits per heavy atom. The number of hydrogen-bond donors (Lipinski definition) is 6. The van der Waals surface area contributed by atoms with E-state index in [1.165, 1.54) is 244 Å². The molecule has 404 valence electrons. The topological polar surface area (TPSA) is 149 Å². The van der Waals surface area contributed by atoms with E-state index in [2.05, 4.69) is 19.2 Å². The number of aliphatic hydroxyl groups excluding tert-OH is 5. The molecule has 7 atom stereocenters. The summed E-state index contributed by atoms with van der Waals surface area (Å²) in [5.41, 5.74) is 0. The first-order chi connectivity index (χ1) is 33.3. The number of hydrogen-bond acceptors (Lipinski definition) is 8. The van der Waals surface area contributed by atoms with Crippen molar-refractivity contribution in [2.45, 2.75) is 346 Å². The summed E-state index contributed by atoms with van der Waals surface area (Å²) in [6.45, 7) is 3.82. The molecule has 1 aliphatic rings. The van der Waals surface area contributed by atoms with E-state index in [-0.39, 0.29) is 12.5 Å². The Hall–Kier alpha value is -1.07. The van der Waals surface area contributed by atoms with Crippen LogP contribution in [-0.2, 0) is 14.3 Å². The molecule has 0 saturated carbocycles. The minimum Gasteiger partial charge on any atom is -0.394 e. The van der Waals surface area contributed by atoms with Gasteiger partial charge >= 0.3 is 0 Å². The molecular formula is C59H115NO8. The summed E-state index contributed by atoms with van der Waals surface area (Å²) in [6, 6.07) is -0.800. The molecule has 6 N–H and O–H groups in total. The Balaban J connectivity index is 2.17. The van der Waals surface area contributed by atoms with E-state index in [1.807, 2.05) is 6.08 Å². The Bertz CT molecular complexity index is 1080. The molecule has 1 aliphatic heterocycles. The monoisotopic (exact) mass is 966 g/mol. The normalized spacial score (nSPS) is 19.5. The molecule has 1 fully saturated rings. The predicted molar refractivity (Wildman–Crippen MR) is 286 cm³/mol. The minimum absolute atomic E-state index is 0.171. The number of rotatable bonds is 52. The lowest BCUT2D eigenvalue weighted by molar-refractivity contribution is -0.302. The van der Waals surface area contributed by atoms with Crippen molar-refractivity contribution in [3.63, 3.8) is 0 Å². The van der Waals surface area contributed by atoms with Gasteiger partial charge in [0.2, 0.25) is 5.91 Å². The highest BCUT2D eigenvalue weighted by atomic mass is 16.7. The summed E-state index contributed by atoms with van der Waals surface area (Å²) in [5, 5.41) is 54.5. The highest BCUT2D eigenvalue weighted by Gasteiger charge is 2.44. The maximum atomic E-state index is 13.0. The minimum atomic E-state index is -1.56. The zero-order valence-corrected chi connectivity index (χ0v) is 44.9. The van der Waals surface area contributed by atoms with Crippen LogP contribution in [0, 0.1) is 0 Å². The van der Waals surface area contributed by atoms with Gasteiger partial charge < -0.3 is 40.3 Å². The highest BCUT2D eigenvalue weighted by molar-refractivity contribution is 5.76. The van der Waals surface area contributed by atoms with E-state index in [0.29, 0.717) is 6.42 Å². The number of carbonyl (C=O) groups excluding carboxylic acids is 1. The van der Waals surface area contributed by atoms with Gasteiger partial charge in [-0.25, -0.2) is 0 Å². The molecular weight excluding hydrogens is 851 g/mol. The average Bonchev–Trinajstić information content (AvgIpc) is 3.34. The molecule has 1 heterocycles. The third-order valence-corrected chi connectivity index (χ3v) is 14.6. The molecule has 0 aromatic heterocycles. The Labute approximate surface area is 420 Å². The molecule has 68 heavy (non-hydrogen) atoms. The van der Waals surface area contributed by atoms with Crippen LogP contribution in [0.5, 0.6) is 0 Å². The third kappa shape index (κ3) is 38.6. The number of amides is 1. The number of unbranched alkanes of at least 4 members (excludes halogenated alkanes) is 42. The summed E-state index contributed by atoms with van der Waals surface area (Å²) >= 11 is 0. The first-order valence-electron chi connectivity index (χ1n) is 29.9. The summed E-state index contributed by atoms with van der Waals surface area (Å²) < 4.78 is 11.3. The highest BCUT2D eigenvalue weighted by Crippen LogP contribution is 2.23. The van der Waals surface area contributed by atoms with Crippen LogP contribution in [0.3, 0.4) is 0 Å². The zero-order valence-electron chi connectivity index (χ0n) is 44.9.